The molecule has 11 heteroatoms. The summed E-state index contributed by atoms with van der Waals surface area (Å²) in [6.07, 6.45) is 0. The molecule has 61 heavy (non-hydrogen) atoms. The van der Waals surface area contributed by atoms with Gasteiger partial charge in [0.15, 0.2) is 0 Å². The van der Waals surface area contributed by atoms with Crippen molar-refractivity contribution >= 4 is 77.5 Å². The molecule has 0 aliphatic rings. The number of thiazole rings is 2. The molecule has 0 aliphatic carbocycles. The molecule has 0 fully saturated rings. The molecule has 2 heterocycles. The fourth-order valence-electron chi connectivity index (χ4n) is 6.42. The lowest BCUT2D eigenvalue weighted by Crippen LogP contribution is -2.35. The molecule has 2 amide bonds. The van der Waals surface area contributed by atoms with Crippen molar-refractivity contribution in [1.29, 1.82) is 0 Å². The van der Waals surface area contributed by atoms with E-state index in [1.165, 1.54) is 15.8 Å². The number of carbonyl (C=O) groups excluding carboxylic acids is 2. The van der Waals surface area contributed by atoms with Gasteiger partial charge in [-0.2, -0.15) is 0 Å². The van der Waals surface area contributed by atoms with Crippen molar-refractivity contribution in [3.05, 3.63) is 165 Å². The summed E-state index contributed by atoms with van der Waals surface area (Å²) in [5, 5.41) is 6.86. The molecule has 2 unspecified atom stereocenters. The zero-order chi connectivity index (χ0) is 43.3. The average molecular weight is 961 g/mol. The number of carbonyl (C=O) groups is 2. The summed E-state index contributed by atoms with van der Waals surface area (Å²) in [5.41, 5.74) is 12.8. The topological polar surface area (TPSA) is 102 Å². The molecule has 8 nitrogen and oxygen atoms in total. The predicted octanol–water partition coefficient (Wildman–Crippen LogP) is 12.0. The molecule has 0 saturated carbocycles. The monoisotopic (exact) mass is 960 g/mol. The van der Waals surface area contributed by atoms with Gasteiger partial charge in [-0.05, 0) is 133 Å². The Kier molecular flexibility index (Phi) is 16.3. The van der Waals surface area contributed by atoms with Gasteiger partial charge in [0.1, 0.15) is 5.01 Å². The minimum absolute atomic E-state index is 0.0156. The Morgan fingerprint density at radius 2 is 1.10 bits per heavy atom. The molecular formula is C50H49IN4O4S2. The van der Waals surface area contributed by atoms with Gasteiger partial charge in [-0.25, -0.2) is 9.97 Å². The molecule has 312 valence electrons. The van der Waals surface area contributed by atoms with Crippen molar-refractivity contribution in [2.75, 3.05) is 27.4 Å². The lowest BCUT2D eigenvalue weighted by molar-refractivity contribution is 0.0898. The normalized spacial score (nSPS) is 11.8. The van der Waals surface area contributed by atoms with Crippen molar-refractivity contribution in [3.8, 4) is 32.8 Å². The Bertz CT molecular complexity index is 2630. The number of fused-ring (bicyclic) bond motifs is 2. The third kappa shape index (κ3) is 12.9. The molecule has 8 rings (SSSR count). The Labute approximate surface area is 379 Å². The number of benzene rings is 6. The number of hydrogen-bond acceptors (Lipinski definition) is 8. The van der Waals surface area contributed by atoms with Crippen molar-refractivity contribution < 1.29 is 19.1 Å². The highest BCUT2D eigenvalue weighted by molar-refractivity contribution is 14.1. The van der Waals surface area contributed by atoms with E-state index < -0.39 is 0 Å². The number of nitrogens with zero attached hydrogens (tertiary/aromatic N) is 2. The second-order valence-electron chi connectivity index (χ2n) is 14.7. The van der Waals surface area contributed by atoms with E-state index in [0.29, 0.717) is 24.3 Å². The summed E-state index contributed by atoms with van der Waals surface area (Å²) in [7, 11) is 3.26. The van der Waals surface area contributed by atoms with Gasteiger partial charge in [-0.3, -0.25) is 9.59 Å². The first-order valence-electron chi connectivity index (χ1n) is 19.8. The third-order valence-electron chi connectivity index (χ3n) is 9.49. The number of halogens is 1. The van der Waals surface area contributed by atoms with E-state index in [2.05, 4.69) is 125 Å². The number of nitrogens with one attached hydrogen (secondary N) is 2. The van der Waals surface area contributed by atoms with Crippen LogP contribution in [-0.4, -0.2) is 61.3 Å². The summed E-state index contributed by atoms with van der Waals surface area (Å²) in [6.45, 7) is 8.95. The molecule has 0 spiro atoms. The van der Waals surface area contributed by atoms with Crippen LogP contribution in [-0.2, 0) is 9.47 Å². The van der Waals surface area contributed by atoms with Crippen molar-refractivity contribution in [1.82, 2.24) is 20.6 Å². The van der Waals surface area contributed by atoms with Gasteiger partial charge >= 0.3 is 0 Å². The van der Waals surface area contributed by atoms with Crippen molar-refractivity contribution in [2.24, 2.45) is 0 Å². The fraction of sp³-hybridized carbons (Fsp3) is 0.200. The minimum Gasteiger partial charge on any atom is -0.383 e. The van der Waals surface area contributed by atoms with Crippen LogP contribution in [0.25, 0.3) is 53.3 Å². The second kappa shape index (κ2) is 22.0. The van der Waals surface area contributed by atoms with Crippen LogP contribution in [0.5, 0.6) is 0 Å². The number of hydrogen-bond donors (Lipinski definition) is 2. The second-order valence-corrected chi connectivity index (χ2v) is 17.9. The van der Waals surface area contributed by atoms with Gasteiger partial charge < -0.3 is 20.1 Å². The lowest BCUT2D eigenvalue weighted by atomic mass is 9.98. The maximum atomic E-state index is 12.9. The minimum atomic E-state index is -0.115. The summed E-state index contributed by atoms with van der Waals surface area (Å²) in [6, 6.07) is 44.7. The molecule has 6 aromatic carbocycles. The molecule has 0 radical (unpaired) electrons. The van der Waals surface area contributed by atoms with Crippen LogP contribution in [0, 0.1) is 17.4 Å². The summed E-state index contributed by atoms with van der Waals surface area (Å²) >= 11 is 5.56. The quantitative estimate of drug-likeness (QED) is 0.125. The van der Waals surface area contributed by atoms with Crippen LogP contribution < -0.4 is 10.6 Å². The van der Waals surface area contributed by atoms with E-state index in [-0.39, 0.29) is 23.9 Å². The number of methoxy groups -OCH3 is 2. The maximum Gasteiger partial charge on any atom is 0.251 e. The van der Waals surface area contributed by atoms with E-state index in [1.54, 1.807) is 36.9 Å². The number of para-hydroxylation sites is 2. The Morgan fingerprint density at radius 1 is 0.607 bits per heavy atom. The van der Waals surface area contributed by atoms with E-state index in [0.717, 1.165) is 52.1 Å². The van der Waals surface area contributed by atoms with Gasteiger partial charge in [-0.1, -0.05) is 83.9 Å². The fourth-order valence-corrected chi connectivity index (χ4v) is 8.73. The first-order valence-corrected chi connectivity index (χ1v) is 22.6. The molecule has 2 aromatic heterocycles. The van der Waals surface area contributed by atoms with Gasteiger partial charge in [0, 0.05) is 46.6 Å². The van der Waals surface area contributed by atoms with Crippen LogP contribution >= 0.6 is 45.3 Å². The van der Waals surface area contributed by atoms with Crippen molar-refractivity contribution in [2.45, 2.75) is 39.8 Å². The number of aromatic nitrogens is 2. The summed E-state index contributed by atoms with van der Waals surface area (Å²) in [4.78, 5) is 34.2. The van der Waals surface area contributed by atoms with Crippen LogP contribution in [0.3, 0.4) is 0 Å². The largest absolute Gasteiger partial charge is 0.383 e. The molecule has 0 aliphatic heterocycles. The molecule has 0 bridgehead atoms. The number of ether oxygens (including phenoxy) is 2. The zero-order valence-electron chi connectivity index (χ0n) is 35.1. The van der Waals surface area contributed by atoms with Gasteiger partial charge in [0.25, 0.3) is 11.8 Å². The SMILES string of the molecule is COCC(C)NC(=O)c1cc(-c2ccc(C)cc2)cc(-c2nc3ccccc3s2)c1.COCC(C)NC(=O)c1cc(I)cc(-c2ccc(C)cc2)c1.c1ccc2scnc2c1. The van der Waals surface area contributed by atoms with E-state index in [9.17, 15) is 9.59 Å². The van der Waals surface area contributed by atoms with Crippen LogP contribution in [0.4, 0.5) is 0 Å². The average Bonchev–Trinajstić information content (AvgIpc) is 3.93. The number of rotatable bonds is 11. The first-order chi connectivity index (χ1) is 29.5. The Balaban J connectivity index is 0.000000174. The van der Waals surface area contributed by atoms with E-state index in [4.69, 9.17) is 14.5 Å². The highest BCUT2D eigenvalue weighted by atomic mass is 127. The lowest BCUT2D eigenvalue weighted by Gasteiger charge is -2.14. The Hall–Kier alpha value is -5.31. The molecule has 0 saturated heterocycles. The van der Waals surface area contributed by atoms with Crippen LogP contribution in [0.1, 0.15) is 45.7 Å². The predicted molar refractivity (Wildman–Crippen MR) is 262 cm³/mol. The van der Waals surface area contributed by atoms with E-state index in [1.807, 2.05) is 80.0 Å². The molecule has 2 N–H and O–H groups in total. The third-order valence-corrected chi connectivity index (χ3v) is 12.0. The maximum absolute atomic E-state index is 12.9. The van der Waals surface area contributed by atoms with Crippen LogP contribution in [0.15, 0.2) is 139 Å². The van der Waals surface area contributed by atoms with Gasteiger partial charge in [-0.15, -0.1) is 22.7 Å². The highest BCUT2D eigenvalue weighted by Gasteiger charge is 2.16. The summed E-state index contributed by atoms with van der Waals surface area (Å²) in [5.74, 6) is -0.188. The number of amides is 2. The number of aryl methyl sites for hydroxylation is 2. The molecular weight excluding hydrogens is 912 g/mol. The smallest absolute Gasteiger partial charge is 0.251 e. The first kappa shape index (κ1) is 45.2. The molecule has 8 aromatic rings. The van der Waals surface area contributed by atoms with E-state index >= 15 is 0 Å². The Morgan fingerprint density at radius 3 is 1.64 bits per heavy atom. The van der Waals surface area contributed by atoms with Gasteiger partial charge in [0.2, 0.25) is 0 Å². The zero-order valence-corrected chi connectivity index (χ0v) is 38.9. The summed E-state index contributed by atoms with van der Waals surface area (Å²) < 4.78 is 13.6. The van der Waals surface area contributed by atoms with Gasteiger partial charge in [0.05, 0.1) is 39.2 Å². The standard InChI is InChI=1S/C25H24N2O2S.C18H20INO2.C7H5NS/c1-16-8-10-18(11-9-16)19-12-20(24(28)26-17(2)15-29-3)14-21(13-19)25-27-22-6-4-5-7-23(22)30-25;1-12-4-6-14(7-5-12)15-8-16(10-17(19)9-15)18(21)20-13(2)11-22-3;1-2-4-7-6(3-1)8-5-9-7/h4-14,17H,15H2,1-3H3,(H,26,28);4-10,13H,11H2,1-3H3,(H,20,21);1-5H. The van der Waals surface area contributed by atoms with Crippen LogP contribution in [0.2, 0.25) is 0 Å². The molecule has 2 atom stereocenters. The van der Waals surface area contributed by atoms with Crippen molar-refractivity contribution in [3.63, 3.8) is 0 Å². The highest BCUT2D eigenvalue weighted by Crippen LogP contribution is 2.34.